The van der Waals surface area contributed by atoms with Crippen molar-refractivity contribution in [3.63, 3.8) is 0 Å². The summed E-state index contributed by atoms with van der Waals surface area (Å²) < 4.78 is 6.28. The van der Waals surface area contributed by atoms with Gasteiger partial charge in [-0.15, -0.1) is 11.3 Å². The molecule has 1 aliphatic carbocycles. The van der Waals surface area contributed by atoms with Gasteiger partial charge in [-0.1, -0.05) is 0 Å². The molecule has 2 heterocycles. The third-order valence-electron chi connectivity index (χ3n) is 3.89. The lowest BCUT2D eigenvalue weighted by Crippen LogP contribution is -2.50. The van der Waals surface area contributed by atoms with Crippen molar-refractivity contribution in [3.8, 4) is 0 Å². The van der Waals surface area contributed by atoms with Crippen LogP contribution in [0, 0.1) is 16.8 Å². The van der Waals surface area contributed by atoms with Crippen molar-refractivity contribution in [2.75, 3.05) is 19.8 Å². The Bertz CT molecular complexity index is 533. The van der Waals surface area contributed by atoms with E-state index in [0.717, 1.165) is 21.1 Å². The summed E-state index contributed by atoms with van der Waals surface area (Å²) in [7, 11) is 0. The molecule has 3 rings (SSSR count). The second-order valence-electron chi connectivity index (χ2n) is 5.31. The first kappa shape index (κ1) is 13.3. The fourth-order valence-corrected chi connectivity index (χ4v) is 3.93. The molecule has 1 amide bonds. The van der Waals surface area contributed by atoms with Crippen LogP contribution in [0.25, 0.3) is 0 Å². The van der Waals surface area contributed by atoms with Gasteiger partial charge in [0.05, 0.1) is 25.7 Å². The van der Waals surface area contributed by atoms with Crippen LogP contribution in [0.3, 0.4) is 0 Å². The molecule has 0 bridgehead atoms. The zero-order valence-electron chi connectivity index (χ0n) is 11.0. The first-order valence-corrected chi connectivity index (χ1v) is 7.93. The summed E-state index contributed by atoms with van der Waals surface area (Å²) in [6.07, 6.45) is 2.94. The molecule has 0 spiro atoms. The predicted octanol–water partition coefficient (Wildman–Crippen LogP) is 2.29. The number of amides is 1. The molecular weight excluding hydrogens is 280 g/mol. The number of hydrogen-bond acceptors (Lipinski definition) is 4. The molecule has 1 saturated heterocycles. The number of H-pyrrole nitrogens is 1. The van der Waals surface area contributed by atoms with Gasteiger partial charge < -0.3 is 14.6 Å². The van der Waals surface area contributed by atoms with Crippen molar-refractivity contribution < 1.29 is 9.53 Å². The van der Waals surface area contributed by atoms with Gasteiger partial charge in [-0.05, 0) is 37.9 Å². The smallest absolute Gasteiger partial charge is 0.228 e. The molecule has 1 atom stereocenters. The van der Waals surface area contributed by atoms with Gasteiger partial charge in [0.1, 0.15) is 0 Å². The van der Waals surface area contributed by atoms with Crippen molar-refractivity contribution in [2.24, 2.45) is 5.92 Å². The number of hydrogen-bond donors (Lipinski definition) is 1. The lowest BCUT2D eigenvalue weighted by Gasteiger charge is -2.36. The van der Waals surface area contributed by atoms with E-state index < -0.39 is 0 Å². The molecule has 4 nitrogen and oxygen atoms in total. The Kier molecular flexibility index (Phi) is 3.73. The Balaban J connectivity index is 1.71. The third kappa shape index (κ3) is 2.90. The van der Waals surface area contributed by atoms with Crippen molar-refractivity contribution in [2.45, 2.75) is 32.2 Å². The summed E-state index contributed by atoms with van der Waals surface area (Å²) in [6, 6.07) is 0.300. The molecule has 6 heteroatoms. The van der Waals surface area contributed by atoms with Crippen molar-refractivity contribution >= 4 is 29.5 Å². The normalized spacial score (nSPS) is 23.6. The molecule has 1 aliphatic heterocycles. The van der Waals surface area contributed by atoms with E-state index in [0.29, 0.717) is 31.6 Å². The lowest BCUT2D eigenvalue weighted by molar-refractivity contribution is -0.140. The van der Waals surface area contributed by atoms with Crippen LogP contribution in [0.2, 0.25) is 0 Å². The summed E-state index contributed by atoms with van der Waals surface area (Å²) >= 11 is 6.63. The topological polar surface area (TPSA) is 45.3 Å². The monoisotopic (exact) mass is 298 g/mol. The van der Waals surface area contributed by atoms with Gasteiger partial charge in [0.2, 0.25) is 5.91 Å². The first-order chi connectivity index (χ1) is 9.15. The molecular formula is C13H18N2O2S2. The summed E-state index contributed by atoms with van der Waals surface area (Å²) in [6.45, 7) is 4.08. The molecule has 104 valence electrons. The van der Waals surface area contributed by atoms with Crippen LogP contribution in [0.5, 0.6) is 0 Å². The Morgan fingerprint density at radius 3 is 3.00 bits per heavy atom. The highest BCUT2D eigenvalue weighted by atomic mass is 32.1. The highest BCUT2D eigenvalue weighted by Gasteiger charge is 2.39. The number of thiazole rings is 1. The summed E-state index contributed by atoms with van der Waals surface area (Å²) in [5.41, 5.74) is 1.03. The van der Waals surface area contributed by atoms with Gasteiger partial charge in [-0.2, -0.15) is 0 Å². The summed E-state index contributed by atoms with van der Waals surface area (Å²) in [5.74, 6) is 0.878. The number of nitrogens with zero attached hydrogens (tertiary/aromatic N) is 1. The zero-order chi connectivity index (χ0) is 13.4. The van der Waals surface area contributed by atoms with E-state index in [-0.39, 0.29) is 5.91 Å². The minimum absolute atomic E-state index is 0.216. The molecule has 0 aromatic carbocycles. The number of ether oxygens (including phenoxy) is 1. The van der Waals surface area contributed by atoms with E-state index in [1.807, 2.05) is 11.8 Å². The highest BCUT2D eigenvalue weighted by Crippen LogP contribution is 2.36. The Labute approximate surface area is 121 Å². The van der Waals surface area contributed by atoms with Crippen molar-refractivity contribution in [1.82, 2.24) is 9.88 Å². The lowest BCUT2D eigenvalue weighted by atomic mass is 10.1. The van der Waals surface area contributed by atoms with Crippen molar-refractivity contribution in [3.05, 3.63) is 14.5 Å². The number of nitrogens with one attached hydrogen (secondary N) is 1. The summed E-state index contributed by atoms with van der Waals surface area (Å²) in [5, 5.41) is 0. The minimum atomic E-state index is 0.216. The number of aryl methyl sites for hydroxylation is 1. The average Bonchev–Trinajstić information content (AvgIpc) is 3.17. The maximum atomic E-state index is 12.5. The van der Waals surface area contributed by atoms with Crippen LogP contribution in [-0.4, -0.2) is 41.6 Å². The van der Waals surface area contributed by atoms with Gasteiger partial charge in [-0.3, -0.25) is 4.79 Å². The maximum absolute atomic E-state index is 12.5. The number of aromatic amines is 1. The van der Waals surface area contributed by atoms with Gasteiger partial charge in [0, 0.05) is 17.1 Å². The zero-order valence-corrected chi connectivity index (χ0v) is 12.6. The Hall–Kier alpha value is -0.720. The van der Waals surface area contributed by atoms with Gasteiger partial charge in [0.15, 0.2) is 3.95 Å². The van der Waals surface area contributed by atoms with E-state index in [9.17, 15) is 4.79 Å². The second-order valence-corrected chi connectivity index (χ2v) is 7.08. The largest absolute Gasteiger partial charge is 0.377 e. The van der Waals surface area contributed by atoms with Crippen LogP contribution in [0.4, 0.5) is 0 Å². The quantitative estimate of drug-likeness (QED) is 0.871. The van der Waals surface area contributed by atoms with E-state index >= 15 is 0 Å². The molecule has 1 saturated carbocycles. The number of rotatable bonds is 3. The molecule has 19 heavy (non-hydrogen) atoms. The predicted molar refractivity (Wildman–Crippen MR) is 77.0 cm³/mol. The number of carbonyl (C=O) groups is 1. The van der Waals surface area contributed by atoms with E-state index in [1.54, 1.807) is 0 Å². The van der Waals surface area contributed by atoms with Crippen LogP contribution in [-0.2, 0) is 16.0 Å². The number of aromatic nitrogens is 1. The number of carbonyl (C=O) groups excluding carboxylic acids is 1. The molecule has 1 N–H and O–H groups in total. The highest BCUT2D eigenvalue weighted by molar-refractivity contribution is 7.73. The van der Waals surface area contributed by atoms with Gasteiger partial charge >= 0.3 is 0 Å². The first-order valence-electron chi connectivity index (χ1n) is 6.71. The van der Waals surface area contributed by atoms with Crippen molar-refractivity contribution in [1.29, 1.82) is 0 Å². The van der Waals surface area contributed by atoms with E-state index in [4.69, 9.17) is 17.0 Å². The van der Waals surface area contributed by atoms with E-state index in [1.165, 1.54) is 24.2 Å². The van der Waals surface area contributed by atoms with Crippen LogP contribution >= 0.6 is 23.6 Å². The molecule has 1 aromatic heterocycles. The maximum Gasteiger partial charge on any atom is 0.228 e. The second kappa shape index (κ2) is 5.34. The molecule has 1 aromatic rings. The Morgan fingerprint density at radius 2 is 2.37 bits per heavy atom. The van der Waals surface area contributed by atoms with Crippen LogP contribution in [0.15, 0.2) is 0 Å². The standard InChI is InChI=1S/C13H18N2O2S2/c1-8-11(19-13(18)14-8)6-12(16)15-4-5-17-7-10(15)9-2-3-9/h9-10H,2-7H2,1H3,(H,14,18). The van der Waals surface area contributed by atoms with Crippen LogP contribution in [0.1, 0.15) is 23.4 Å². The SMILES string of the molecule is Cc1[nH]c(=S)sc1CC(=O)N1CCOCC1C1CC1. The molecule has 0 radical (unpaired) electrons. The fourth-order valence-electron chi connectivity index (χ4n) is 2.65. The fraction of sp³-hybridized carbons (Fsp3) is 0.692. The Morgan fingerprint density at radius 1 is 1.58 bits per heavy atom. The number of morpholine rings is 1. The van der Waals surface area contributed by atoms with Gasteiger partial charge in [-0.25, -0.2) is 0 Å². The molecule has 2 fully saturated rings. The molecule has 1 unspecified atom stereocenters. The minimum Gasteiger partial charge on any atom is -0.377 e. The third-order valence-corrected chi connectivity index (χ3v) is 5.22. The van der Waals surface area contributed by atoms with Gasteiger partial charge in [0.25, 0.3) is 0 Å². The van der Waals surface area contributed by atoms with E-state index in [2.05, 4.69) is 4.98 Å². The summed E-state index contributed by atoms with van der Waals surface area (Å²) in [4.78, 5) is 18.7. The average molecular weight is 298 g/mol. The molecule has 2 aliphatic rings. The van der Waals surface area contributed by atoms with Crippen LogP contribution < -0.4 is 0 Å².